The maximum absolute atomic E-state index is 12.6. The zero-order valence-electron chi connectivity index (χ0n) is 13.2. The van der Waals surface area contributed by atoms with Gasteiger partial charge in [-0.25, -0.2) is 4.68 Å². The number of hydrogen-bond acceptors (Lipinski definition) is 3. The minimum absolute atomic E-state index is 0. The fourth-order valence-electron chi connectivity index (χ4n) is 2.89. The van der Waals surface area contributed by atoms with Gasteiger partial charge in [-0.15, -0.1) is 12.4 Å². The van der Waals surface area contributed by atoms with Crippen LogP contribution >= 0.6 is 35.6 Å². The molecule has 1 unspecified atom stereocenters. The molecule has 24 heavy (non-hydrogen) atoms. The van der Waals surface area contributed by atoms with Crippen molar-refractivity contribution in [2.24, 2.45) is 5.92 Å². The summed E-state index contributed by atoms with van der Waals surface area (Å²) in [5.41, 5.74) is 1.27. The highest BCUT2D eigenvalue weighted by molar-refractivity contribution is 6.35. The molecule has 2 aromatic rings. The fourth-order valence-corrected chi connectivity index (χ4v) is 3.38. The van der Waals surface area contributed by atoms with Gasteiger partial charge < -0.3 is 10.2 Å². The molecule has 1 fully saturated rings. The van der Waals surface area contributed by atoms with Gasteiger partial charge in [0, 0.05) is 24.3 Å². The molecule has 1 aliphatic heterocycles. The van der Waals surface area contributed by atoms with Crippen molar-refractivity contribution in [2.75, 3.05) is 26.7 Å². The number of nitrogens with one attached hydrogen (secondary N) is 1. The van der Waals surface area contributed by atoms with Gasteiger partial charge in [-0.05, 0) is 44.1 Å². The Balaban J connectivity index is 0.00000208. The van der Waals surface area contributed by atoms with Gasteiger partial charge >= 0.3 is 0 Å². The normalized spacial score (nSPS) is 17.0. The molecule has 2 heterocycles. The monoisotopic (exact) mass is 388 g/mol. The van der Waals surface area contributed by atoms with Gasteiger partial charge in [-0.1, -0.05) is 23.2 Å². The molecule has 0 aliphatic carbocycles. The first-order chi connectivity index (χ1) is 11.1. The average Bonchev–Trinajstić information content (AvgIpc) is 3.16. The van der Waals surface area contributed by atoms with Crippen molar-refractivity contribution in [1.29, 1.82) is 0 Å². The van der Waals surface area contributed by atoms with Crippen LogP contribution in [0, 0.1) is 5.92 Å². The minimum atomic E-state index is 0. The highest BCUT2D eigenvalue weighted by Crippen LogP contribution is 2.24. The van der Waals surface area contributed by atoms with Crippen LogP contribution in [0.3, 0.4) is 0 Å². The number of likely N-dealkylation sites (tertiary alicyclic amines) is 1. The van der Waals surface area contributed by atoms with Crippen LogP contribution in [0.4, 0.5) is 0 Å². The Kier molecular flexibility index (Phi) is 6.52. The standard InChI is InChI=1S/C16H18Cl2N4O.ClH/c1-19-7-11-4-5-21(9-11)16(23)12-8-20-22(10-12)15-3-2-13(17)6-14(15)18;/h2-3,6,8,10-11,19H,4-5,7,9H2,1H3;1H. The van der Waals surface area contributed by atoms with E-state index >= 15 is 0 Å². The molecule has 0 bridgehead atoms. The maximum atomic E-state index is 12.6. The lowest BCUT2D eigenvalue weighted by Gasteiger charge is -2.15. The number of nitrogens with zero attached hydrogens (tertiary/aromatic N) is 3. The number of amides is 1. The lowest BCUT2D eigenvalue weighted by Crippen LogP contribution is -2.30. The molecule has 0 radical (unpaired) electrons. The first kappa shape index (κ1) is 19.1. The summed E-state index contributed by atoms with van der Waals surface area (Å²) in [5, 5.41) is 8.48. The predicted octanol–water partition coefficient (Wildman–Crippen LogP) is 3.28. The van der Waals surface area contributed by atoms with Crippen molar-refractivity contribution >= 4 is 41.5 Å². The van der Waals surface area contributed by atoms with E-state index in [1.54, 1.807) is 35.3 Å². The molecular weight excluding hydrogens is 371 g/mol. The zero-order chi connectivity index (χ0) is 16.4. The van der Waals surface area contributed by atoms with Crippen molar-refractivity contribution in [3.05, 3.63) is 46.2 Å². The second-order valence-electron chi connectivity index (χ2n) is 5.73. The Morgan fingerprint density at radius 3 is 2.92 bits per heavy atom. The summed E-state index contributed by atoms with van der Waals surface area (Å²) < 4.78 is 1.60. The van der Waals surface area contributed by atoms with E-state index in [1.165, 1.54) is 0 Å². The van der Waals surface area contributed by atoms with E-state index < -0.39 is 0 Å². The maximum Gasteiger partial charge on any atom is 0.257 e. The van der Waals surface area contributed by atoms with Crippen molar-refractivity contribution < 1.29 is 4.79 Å². The van der Waals surface area contributed by atoms with Crippen LogP contribution in [0.5, 0.6) is 0 Å². The molecule has 1 aromatic heterocycles. The van der Waals surface area contributed by atoms with Crippen molar-refractivity contribution in [3.8, 4) is 5.69 Å². The summed E-state index contributed by atoms with van der Waals surface area (Å²) in [7, 11) is 1.93. The number of hydrogen-bond donors (Lipinski definition) is 1. The van der Waals surface area contributed by atoms with Crippen LogP contribution in [0.2, 0.25) is 10.0 Å². The van der Waals surface area contributed by atoms with Crippen LogP contribution in [-0.4, -0.2) is 47.3 Å². The summed E-state index contributed by atoms with van der Waals surface area (Å²) in [4.78, 5) is 14.5. The fraction of sp³-hybridized carbons (Fsp3) is 0.375. The second kappa shape index (κ2) is 8.21. The van der Waals surface area contributed by atoms with Crippen LogP contribution in [0.1, 0.15) is 16.8 Å². The van der Waals surface area contributed by atoms with Gasteiger partial charge in [0.25, 0.3) is 5.91 Å². The van der Waals surface area contributed by atoms with Crippen molar-refractivity contribution in [2.45, 2.75) is 6.42 Å². The van der Waals surface area contributed by atoms with Crippen molar-refractivity contribution in [1.82, 2.24) is 20.0 Å². The number of halogens is 3. The first-order valence-electron chi connectivity index (χ1n) is 7.52. The van der Waals surface area contributed by atoms with E-state index in [4.69, 9.17) is 23.2 Å². The molecule has 1 saturated heterocycles. The highest BCUT2D eigenvalue weighted by atomic mass is 35.5. The quantitative estimate of drug-likeness (QED) is 0.873. The van der Waals surface area contributed by atoms with Gasteiger partial charge in [0.1, 0.15) is 0 Å². The van der Waals surface area contributed by atoms with Crippen LogP contribution < -0.4 is 5.32 Å². The molecule has 0 spiro atoms. The van der Waals surface area contributed by atoms with Gasteiger partial charge in [0.05, 0.1) is 22.5 Å². The molecule has 130 valence electrons. The Bertz CT molecular complexity index is 719. The van der Waals surface area contributed by atoms with Crippen LogP contribution in [0.15, 0.2) is 30.6 Å². The molecule has 0 saturated carbocycles. The third-order valence-corrected chi connectivity index (χ3v) is 4.59. The molecule has 5 nitrogen and oxygen atoms in total. The largest absolute Gasteiger partial charge is 0.338 e. The predicted molar refractivity (Wildman–Crippen MR) is 98.8 cm³/mol. The van der Waals surface area contributed by atoms with E-state index in [1.807, 2.05) is 11.9 Å². The van der Waals surface area contributed by atoms with Gasteiger partial charge in [-0.3, -0.25) is 4.79 Å². The van der Waals surface area contributed by atoms with Gasteiger partial charge in [-0.2, -0.15) is 5.10 Å². The molecule has 1 atom stereocenters. The molecule has 1 aliphatic rings. The summed E-state index contributed by atoms with van der Waals surface area (Å²) in [6, 6.07) is 5.18. The second-order valence-corrected chi connectivity index (χ2v) is 6.58. The summed E-state index contributed by atoms with van der Waals surface area (Å²) >= 11 is 12.1. The smallest absolute Gasteiger partial charge is 0.257 e. The lowest BCUT2D eigenvalue weighted by molar-refractivity contribution is 0.0787. The molecule has 8 heteroatoms. The molecule has 3 rings (SSSR count). The minimum Gasteiger partial charge on any atom is -0.338 e. The summed E-state index contributed by atoms with van der Waals surface area (Å²) in [6.07, 6.45) is 4.32. The average molecular weight is 390 g/mol. The number of carbonyl (C=O) groups is 1. The first-order valence-corrected chi connectivity index (χ1v) is 8.28. The Labute approximate surface area is 157 Å². The summed E-state index contributed by atoms with van der Waals surface area (Å²) in [5.74, 6) is 0.532. The molecule has 1 amide bonds. The number of aromatic nitrogens is 2. The van der Waals surface area contributed by atoms with E-state index in [0.717, 1.165) is 26.1 Å². The van der Waals surface area contributed by atoms with Gasteiger partial charge in [0.15, 0.2) is 0 Å². The van der Waals surface area contributed by atoms with Gasteiger partial charge in [0.2, 0.25) is 0 Å². The Hall–Kier alpha value is -1.27. The van der Waals surface area contributed by atoms with E-state index in [-0.39, 0.29) is 18.3 Å². The Morgan fingerprint density at radius 2 is 2.21 bits per heavy atom. The molecular formula is C16H19Cl3N4O. The van der Waals surface area contributed by atoms with Crippen LogP contribution in [0.25, 0.3) is 5.69 Å². The Morgan fingerprint density at radius 1 is 1.42 bits per heavy atom. The van der Waals surface area contributed by atoms with E-state index in [0.29, 0.717) is 27.2 Å². The highest BCUT2D eigenvalue weighted by Gasteiger charge is 2.27. The third-order valence-electron chi connectivity index (χ3n) is 4.05. The third kappa shape index (κ3) is 4.03. The van der Waals surface area contributed by atoms with Crippen molar-refractivity contribution in [3.63, 3.8) is 0 Å². The number of rotatable bonds is 4. The summed E-state index contributed by atoms with van der Waals surface area (Å²) in [6.45, 7) is 2.51. The van der Waals surface area contributed by atoms with Crippen LogP contribution in [-0.2, 0) is 0 Å². The molecule has 1 N–H and O–H groups in total. The van der Waals surface area contributed by atoms with E-state index in [2.05, 4.69) is 10.4 Å². The molecule has 1 aromatic carbocycles. The topological polar surface area (TPSA) is 50.2 Å². The SMILES string of the molecule is CNCC1CCN(C(=O)c2cnn(-c3ccc(Cl)cc3Cl)c2)C1.Cl. The zero-order valence-corrected chi connectivity index (χ0v) is 15.5. The lowest BCUT2D eigenvalue weighted by atomic mass is 10.1. The number of benzene rings is 1. The van der Waals surface area contributed by atoms with E-state index in [9.17, 15) is 4.79 Å². The number of carbonyl (C=O) groups excluding carboxylic acids is 1.